The van der Waals surface area contributed by atoms with Crippen LogP contribution in [0, 0.1) is 11.3 Å². The van der Waals surface area contributed by atoms with Gasteiger partial charge < -0.3 is 15.4 Å². The molecule has 0 aliphatic carbocycles. The van der Waals surface area contributed by atoms with Crippen LogP contribution in [0.25, 0.3) is 0 Å². The molecule has 2 N–H and O–H groups in total. The number of ether oxygens (including phenoxy) is 1. The van der Waals surface area contributed by atoms with Crippen molar-refractivity contribution in [2.45, 2.75) is 32.4 Å². The zero-order valence-electron chi connectivity index (χ0n) is 14.8. The second kappa shape index (κ2) is 8.50. The van der Waals surface area contributed by atoms with E-state index in [1.807, 2.05) is 18.2 Å². The van der Waals surface area contributed by atoms with Gasteiger partial charge in [0.2, 0.25) is 5.95 Å². The van der Waals surface area contributed by atoms with Crippen molar-refractivity contribution in [2.24, 2.45) is 0 Å². The van der Waals surface area contributed by atoms with Crippen molar-refractivity contribution >= 4 is 23.6 Å². The van der Waals surface area contributed by atoms with Gasteiger partial charge in [-0.15, -0.1) is 0 Å². The van der Waals surface area contributed by atoms with Crippen molar-refractivity contribution < 1.29 is 9.53 Å². The van der Waals surface area contributed by atoms with E-state index in [-0.39, 0.29) is 12.6 Å². The first kappa shape index (κ1) is 19.5. The molecule has 0 bridgehead atoms. The van der Waals surface area contributed by atoms with Gasteiger partial charge in [0.05, 0.1) is 24.0 Å². The molecule has 0 saturated heterocycles. The molecule has 1 amide bonds. The molecular weight excluding hydrogens is 354 g/mol. The quantitative estimate of drug-likeness (QED) is 0.829. The number of hydrogen-bond acceptors (Lipinski definition) is 6. The molecule has 1 heterocycles. The Morgan fingerprint density at radius 2 is 1.88 bits per heavy atom. The van der Waals surface area contributed by atoms with Crippen LogP contribution < -0.4 is 10.6 Å². The van der Waals surface area contributed by atoms with Gasteiger partial charge in [0.1, 0.15) is 11.7 Å². The first-order valence-corrected chi connectivity index (χ1v) is 8.35. The van der Waals surface area contributed by atoms with E-state index in [4.69, 9.17) is 21.6 Å². The minimum Gasteiger partial charge on any atom is -0.444 e. The third-order valence-corrected chi connectivity index (χ3v) is 3.46. The van der Waals surface area contributed by atoms with Crippen molar-refractivity contribution in [3.8, 4) is 6.07 Å². The molecule has 1 unspecified atom stereocenters. The highest BCUT2D eigenvalue weighted by Gasteiger charge is 2.19. The number of halogens is 1. The van der Waals surface area contributed by atoms with Crippen LogP contribution in [0.5, 0.6) is 0 Å². The van der Waals surface area contributed by atoms with Crippen LogP contribution in [-0.4, -0.2) is 28.2 Å². The summed E-state index contributed by atoms with van der Waals surface area (Å²) in [5.74, 6) is 0.343. The molecule has 2 aromatic rings. The zero-order valence-corrected chi connectivity index (χ0v) is 15.5. The van der Waals surface area contributed by atoms with Crippen LogP contribution in [0.4, 0.5) is 10.7 Å². The summed E-state index contributed by atoms with van der Waals surface area (Å²) in [6.07, 6.45) is 2.34. The fourth-order valence-corrected chi connectivity index (χ4v) is 2.19. The number of hydrogen-bond donors (Lipinski definition) is 2. The second-order valence-corrected chi connectivity index (χ2v) is 6.97. The van der Waals surface area contributed by atoms with Crippen molar-refractivity contribution in [1.29, 1.82) is 5.26 Å². The van der Waals surface area contributed by atoms with Gasteiger partial charge in [-0.25, -0.2) is 14.8 Å². The Bertz CT molecular complexity index is 779. The largest absolute Gasteiger partial charge is 0.444 e. The molecule has 7 nitrogen and oxygen atoms in total. The van der Waals surface area contributed by atoms with Crippen LogP contribution in [0.1, 0.15) is 37.9 Å². The van der Waals surface area contributed by atoms with Crippen LogP contribution in [0.2, 0.25) is 5.02 Å². The lowest BCUT2D eigenvalue weighted by molar-refractivity contribution is 0.0525. The Balaban J connectivity index is 2.12. The summed E-state index contributed by atoms with van der Waals surface area (Å²) in [6, 6.07) is 8.87. The van der Waals surface area contributed by atoms with Crippen LogP contribution in [-0.2, 0) is 4.74 Å². The van der Waals surface area contributed by atoms with Crippen LogP contribution in [0.15, 0.2) is 36.7 Å². The summed E-state index contributed by atoms with van der Waals surface area (Å²) in [4.78, 5) is 20.1. The maximum absolute atomic E-state index is 11.9. The van der Waals surface area contributed by atoms with E-state index in [0.717, 1.165) is 5.56 Å². The monoisotopic (exact) mass is 373 g/mol. The van der Waals surface area contributed by atoms with Gasteiger partial charge in [-0.05, 0) is 38.5 Å². The molecule has 1 aromatic heterocycles. The molecule has 0 aliphatic rings. The van der Waals surface area contributed by atoms with E-state index >= 15 is 0 Å². The van der Waals surface area contributed by atoms with Gasteiger partial charge in [-0.3, -0.25) is 0 Å². The van der Waals surface area contributed by atoms with Gasteiger partial charge >= 0.3 is 6.09 Å². The summed E-state index contributed by atoms with van der Waals surface area (Å²) in [5.41, 5.74) is 0.674. The number of nitriles is 1. The topological polar surface area (TPSA) is 99.9 Å². The van der Waals surface area contributed by atoms with E-state index < -0.39 is 11.7 Å². The number of carbonyl (C=O) groups is 1. The third-order valence-electron chi connectivity index (χ3n) is 3.21. The van der Waals surface area contributed by atoms with Crippen LogP contribution in [0.3, 0.4) is 0 Å². The van der Waals surface area contributed by atoms with E-state index in [1.54, 1.807) is 32.9 Å². The van der Waals surface area contributed by atoms with Gasteiger partial charge in [0.25, 0.3) is 0 Å². The predicted molar refractivity (Wildman–Crippen MR) is 98.8 cm³/mol. The van der Waals surface area contributed by atoms with E-state index in [2.05, 4.69) is 20.6 Å². The van der Waals surface area contributed by atoms with Crippen molar-refractivity contribution in [2.75, 3.05) is 11.9 Å². The maximum Gasteiger partial charge on any atom is 0.407 e. The van der Waals surface area contributed by atoms with Gasteiger partial charge in [-0.1, -0.05) is 23.7 Å². The number of benzene rings is 1. The minimum absolute atomic E-state index is 0.250. The highest BCUT2D eigenvalue weighted by atomic mass is 35.5. The Kier molecular flexibility index (Phi) is 6.36. The van der Waals surface area contributed by atoms with Gasteiger partial charge in [0.15, 0.2) is 0 Å². The van der Waals surface area contributed by atoms with Gasteiger partial charge in [-0.2, -0.15) is 5.26 Å². The molecule has 0 radical (unpaired) electrons. The predicted octanol–water partition coefficient (Wildman–Crippen LogP) is 3.68. The Morgan fingerprint density at radius 3 is 2.42 bits per heavy atom. The molecule has 0 fully saturated rings. The van der Waals surface area contributed by atoms with E-state index in [0.29, 0.717) is 16.5 Å². The number of rotatable bonds is 5. The van der Waals surface area contributed by atoms with Gasteiger partial charge in [0, 0.05) is 11.6 Å². The number of alkyl carbamates (subject to hydrolysis) is 1. The molecule has 0 aliphatic heterocycles. The average Bonchev–Trinajstić information content (AvgIpc) is 2.58. The standard InChI is InChI=1S/C18H20ClN5O2/c1-18(2,3)26-17(25)23-11-15(13-4-6-14(19)7-5-13)24-16-21-9-12(8-20)10-22-16/h4-7,9-10,15H,11H2,1-3H3,(H,23,25)(H,21,22,24). The molecule has 2 rings (SSSR count). The molecule has 0 spiro atoms. The summed E-state index contributed by atoms with van der Waals surface area (Å²) in [6.45, 7) is 5.64. The van der Waals surface area contributed by atoms with Crippen LogP contribution >= 0.6 is 11.6 Å². The highest BCUT2D eigenvalue weighted by molar-refractivity contribution is 6.30. The number of nitrogens with zero attached hydrogens (tertiary/aromatic N) is 3. The average molecular weight is 374 g/mol. The lowest BCUT2D eigenvalue weighted by atomic mass is 10.1. The number of nitrogens with one attached hydrogen (secondary N) is 2. The normalized spacial score (nSPS) is 12.0. The zero-order chi connectivity index (χ0) is 19.2. The Hall–Kier alpha value is -2.85. The van der Waals surface area contributed by atoms with E-state index in [1.165, 1.54) is 12.4 Å². The minimum atomic E-state index is -0.580. The molecule has 0 saturated carbocycles. The first-order valence-electron chi connectivity index (χ1n) is 7.98. The summed E-state index contributed by atoms with van der Waals surface area (Å²) in [5, 5.41) is 15.3. The third kappa shape index (κ3) is 6.22. The van der Waals surface area contributed by atoms with Crippen molar-refractivity contribution in [3.63, 3.8) is 0 Å². The summed E-state index contributed by atoms with van der Waals surface area (Å²) < 4.78 is 5.26. The lowest BCUT2D eigenvalue weighted by Crippen LogP contribution is -2.36. The SMILES string of the molecule is CC(C)(C)OC(=O)NCC(Nc1ncc(C#N)cn1)c1ccc(Cl)cc1. The molecular formula is C18H20ClN5O2. The Morgan fingerprint density at radius 1 is 1.27 bits per heavy atom. The lowest BCUT2D eigenvalue weighted by Gasteiger charge is -2.23. The fraction of sp³-hybridized carbons (Fsp3) is 0.333. The molecule has 1 atom stereocenters. The number of aromatic nitrogens is 2. The van der Waals surface area contributed by atoms with E-state index in [9.17, 15) is 4.79 Å². The first-order chi connectivity index (χ1) is 12.3. The fourth-order valence-electron chi connectivity index (χ4n) is 2.06. The highest BCUT2D eigenvalue weighted by Crippen LogP contribution is 2.19. The number of carbonyl (C=O) groups excluding carboxylic acids is 1. The van der Waals surface area contributed by atoms with Crippen molar-refractivity contribution in [1.82, 2.24) is 15.3 Å². The summed E-state index contributed by atoms with van der Waals surface area (Å²) in [7, 11) is 0. The van der Waals surface area contributed by atoms with Crippen molar-refractivity contribution in [3.05, 3.63) is 52.8 Å². The molecule has 8 heteroatoms. The number of amides is 1. The number of anilines is 1. The molecule has 1 aromatic carbocycles. The maximum atomic E-state index is 11.9. The smallest absolute Gasteiger partial charge is 0.407 e. The molecule has 26 heavy (non-hydrogen) atoms. The Labute approximate surface area is 157 Å². The summed E-state index contributed by atoms with van der Waals surface area (Å²) >= 11 is 5.94. The second-order valence-electron chi connectivity index (χ2n) is 6.54. The molecule has 136 valence electrons.